The number of ether oxygens (including phenoxy) is 1. The lowest BCUT2D eigenvalue weighted by molar-refractivity contribution is 0.303. The van der Waals surface area contributed by atoms with E-state index in [4.69, 9.17) is 4.74 Å². The monoisotopic (exact) mass is 256 g/mol. The fraction of sp³-hybridized carbons (Fsp3) is 0.200. The predicted octanol–water partition coefficient (Wildman–Crippen LogP) is 2.98. The second-order valence-electron chi connectivity index (χ2n) is 2.96. The maximum absolute atomic E-state index is 12.6. The van der Waals surface area contributed by atoms with Gasteiger partial charge in [0.15, 0.2) is 0 Å². The van der Waals surface area contributed by atoms with Crippen molar-refractivity contribution in [3.63, 3.8) is 0 Å². The van der Waals surface area contributed by atoms with Gasteiger partial charge >= 0.3 is 0 Å². The van der Waals surface area contributed by atoms with Crippen LogP contribution in [0.15, 0.2) is 29.4 Å². The van der Waals surface area contributed by atoms with Gasteiger partial charge in [0.2, 0.25) is 5.16 Å². The zero-order valence-corrected chi connectivity index (χ0v) is 10.1. The first kappa shape index (κ1) is 11.3. The van der Waals surface area contributed by atoms with Crippen LogP contribution in [0.1, 0.15) is 5.56 Å². The summed E-state index contributed by atoms with van der Waals surface area (Å²) in [5.41, 5.74) is 0.905. The Hall–Kier alpha value is -1.14. The largest absolute Gasteiger partial charge is 0.464 e. The van der Waals surface area contributed by atoms with Gasteiger partial charge in [-0.05, 0) is 24.0 Å². The number of thioether (sulfide) groups is 1. The molecule has 0 saturated carbocycles. The average molecular weight is 256 g/mol. The molecule has 0 aliphatic rings. The van der Waals surface area contributed by atoms with Crippen LogP contribution in [0.5, 0.6) is 5.19 Å². The second-order valence-corrected chi connectivity index (χ2v) is 4.45. The number of hydrogen-bond donors (Lipinski definition) is 0. The van der Waals surface area contributed by atoms with Crippen LogP contribution in [-0.2, 0) is 6.61 Å². The van der Waals surface area contributed by atoms with E-state index in [-0.39, 0.29) is 5.82 Å². The molecule has 0 fully saturated rings. The first-order valence-corrected chi connectivity index (χ1v) is 6.52. The highest BCUT2D eigenvalue weighted by Gasteiger charge is 2.03. The molecule has 6 heteroatoms. The van der Waals surface area contributed by atoms with Crippen LogP contribution in [0.3, 0.4) is 0 Å². The molecule has 0 bridgehead atoms. The molecule has 3 nitrogen and oxygen atoms in total. The molecule has 1 heterocycles. The molecule has 1 aromatic carbocycles. The van der Waals surface area contributed by atoms with Gasteiger partial charge in [-0.15, -0.1) is 0 Å². The summed E-state index contributed by atoms with van der Waals surface area (Å²) in [4.78, 5) is 4.14. The highest BCUT2D eigenvalue weighted by atomic mass is 32.2. The molecule has 0 aliphatic heterocycles. The van der Waals surface area contributed by atoms with Gasteiger partial charge in [-0.1, -0.05) is 23.9 Å². The quantitative estimate of drug-likeness (QED) is 0.788. The van der Waals surface area contributed by atoms with Crippen LogP contribution in [0.2, 0.25) is 0 Å². The van der Waals surface area contributed by atoms with Gasteiger partial charge in [0.25, 0.3) is 5.19 Å². The molecule has 0 radical (unpaired) electrons. The fourth-order valence-corrected chi connectivity index (χ4v) is 2.14. The molecule has 0 unspecified atom stereocenters. The summed E-state index contributed by atoms with van der Waals surface area (Å²) in [5, 5.41) is 1.24. The summed E-state index contributed by atoms with van der Waals surface area (Å²) in [6, 6.07) is 6.19. The topological polar surface area (TPSA) is 35.0 Å². The summed E-state index contributed by atoms with van der Waals surface area (Å²) in [5.74, 6) is -0.246. The van der Waals surface area contributed by atoms with Crippen LogP contribution < -0.4 is 4.74 Å². The summed E-state index contributed by atoms with van der Waals surface area (Å²) >= 11 is 2.69. The smallest absolute Gasteiger partial charge is 0.294 e. The minimum Gasteiger partial charge on any atom is -0.464 e. The Bertz CT molecular complexity index is 458. The van der Waals surface area contributed by atoms with E-state index in [0.717, 1.165) is 5.56 Å². The van der Waals surface area contributed by atoms with Crippen LogP contribution in [0, 0.1) is 5.82 Å². The zero-order chi connectivity index (χ0) is 11.4. The van der Waals surface area contributed by atoms with Crippen molar-refractivity contribution >= 4 is 23.3 Å². The molecule has 0 saturated heterocycles. The van der Waals surface area contributed by atoms with E-state index in [9.17, 15) is 4.39 Å². The van der Waals surface area contributed by atoms with E-state index in [0.29, 0.717) is 17.0 Å². The molecule has 0 aliphatic carbocycles. The molecule has 2 rings (SSSR count). The minimum atomic E-state index is -0.246. The van der Waals surface area contributed by atoms with Gasteiger partial charge < -0.3 is 4.74 Å². The van der Waals surface area contributed by atoms with Gasteiger partial charge in [0.1, 0.15) is 12.4 Å². The van der Waals surface area contributed by atoms with Crippen molar-refractivity contribution in [2.45, 2.75) is 11.8 Å². The predicted molar refractivity (Wildman–Crippen MR) is 62.4 cm³/mol. The standard InChI is InChI=1S/C10H9FN2OS2/c1-15-9-12-10(16-13-9)14-6-7-2-4-8(11)5-3-7/h2-5H,6H2,1H3. The fourth-order valence-electron chi connectivity index (χ4n) is 1.06. The number of nitrogens with zero attached hydrogens (tertiary/aromatic N) is 2. The number of aromatic nitrogens is 2. The number of hydrogen-bond acceptors (Lipinski definition) is 5. The number of rotatable bonds is 4. The van der Waals surface area contributed by atoms with E-state index in [2.05, 4.69) is 9.36 Å². The molecular weight excluding hydrogens is 247 g/mol. The Labute approximate surface area is 101 Å². The first-order valence-electron chi connectivity index (χ1n) is 4.53. The lowest BCUT2D eigenvalue weighted by Gasteiger charge is -2.01. The van der Waals surface area contributed by atoms with E-state index < -0.39 is 0 Å². The van der Waals surface area contributed by atoms with Crippen molar-refractivity contribution in [1.82, 2.24) is 9.36 Å². The highest BCUT2D eigenvalue weighted by Crippen LogP contribution is 2.20. The van der Waals surface area contributed by atoms with Crippen LogP contribution >= 0.6 is 23.3 Å². The lowest BCUT2D eigenvalue weighted by Crippen LogP contribution is -1.94. The van der Waals surface area contributed by atoms with Gasteiger partial charge in [0.05, 0.1) is 0 Å². The summed E-state index contributed by atoms with van der Waals surface area (Å²) in [7, 11) is 0. The Balaban J connectivity index is 1.94. The van der Waals surface area contributed by atoms with Crippen LogP contribution in [-0.4, -0.2) is 15.6 Å². The number of benzene rings is 1. The Kier molecular flexibility index (Phi) is 3.74. The molecule has 0 atom stereocenters. The Morgan fingerprint density at radius 1 is 1.38 bits per heavy atom. The van der Waals surface area contributed by atoms with Gasteiger partial charge in [-0.3, -0.25) is 0 Å². The molecular formula is C10H9FN2OS2. The van der Waals surface area contributed by atoms with Crippen molar-refractivity contribution in [3.8, 4) is 5.19 Å². The normalized spacial score (nSPS) is 10.4. The van der Waals surface area contributed by atoms with E-state index in [1.165, 1.54) is 35.4 Å². The second kappa shape index (κ2) is 5.27. The maximum Gasteiger partial charge on any atom is 0.294 e. The third kappa shape index (κ3) is 2.93. The van der Waals surface area contributed by atoms with Crippen LogP contribution in [0.4, 0.5) is 4.39 Å². The van der Waals surface area contributed by atoms with Gasteiger partial charge in [-0.2, -0.15) is 9.36 Å². The van der Waals surface area contributed by atoms with Crippen molar-refractivity contribution in [2.24, 2.45) is 0 Å². The average Bonchev–Trinajstić information content (AvgIpc) is 2.76. The summed E-state index contributed by atoms with van der Waals surface area (Å²) in [6.45, 7) is 0.378. The van der Waals surface area contributed by atoms with Crippen molar-refractivity contribution in [1.29, 1.82) is 0 Å². The lowest BCUT2D eigenvalue weighted by atomic mass is 10.2. The molecule has 0 spiro atoms. The van der Waals surface area contributed by atoms with Crippen LogP contribution in [0.25, 0.3) is 0 Å². The SMILES string of the molecule is CSc1nsc(OCc2ccc(F)cc2)n1. The Morgan fingerprint density at radius 2 is 2.12 bits per heavy atom. The summed E-state index contributed by atoms with van der Waals surface area (Å²) in [6.07, 6.45) is 1.91. The van der Waals surface area contributed by atoms with Crippen molar-refractivity contribution in [2.75, 3.05) is 6.26 Å². The van der Waals surface area contributed by atoms with Gasteiger partial charge in [-0.25, -0.2) is 4.39 Å². The first-order chi connectivity index (χ1) is 7.78. The third-order valence-corrected chi connectivity index (χ3v) is 3.14. The molecule has 1 aromatic heterocycles. The van der Waals surface area contributed by atoms with Crippen molar-refractivity contribution in [3.05, 3.63) is 35.6 Å². The van der Waals surface area contributed by atoms with E-state index in [1.54, 1.807) is 12.1 Å². The molecule has 2 aromatic rings. The summed E-state index contributed by atoms with van der Waals surface area (Å²) < 4.78 is 22.1. The number of halogens is 1. The minimum absolute atomic E-state index is 0.246. The van der Waals surface area contributed by atoms with E-state index >= 15 is 0 Å². The van der Waals surface area contributed by atoms with E-state index in [1.807, 2.05) is 6.26 Å². The van der Waals surface area contributed by atoms with Crippen molar-refractivity contribution < 1.29 is 9.13 Å². The molecule has 84 valence electrons. The maximum atomic E-state index is 12.6. The highest BCUT2D eigenvalue weighted by molar-refractivity contribution is 7.98. The zero-order valence-electron chi connectivity index (χ0n) is 8.51. The molecule has 0 N–H and O–H groups in total. The molecule has 0 amide bonds. The molecule has 16 heavy (non-hydrogen) atoms. The third-order valence-electron chi connectivity index (χ3n) is 1.85. The Morgan fingerprint density at radius 3 is 2.75 bits per heavy atom. The van der Waals surface area contributed by atoms with Gasteiger partial charge in [0, 0.05) is 11.5 Å².